The van der Waals surface area contributed by atoms with Gasteiger partial charge in [0.05, 0.1) is 30.6 Å². The van der Waals surface area contributed by atoms with Gasteiger partial charge in [-0.05, 0) is 18.4 Å². The number of carbonyl (C=O) groups excluding carboxylic acids is 2. The van der Waals surface area contributed by atoms with Crippen LogP contribution in [0.3, 0.4) is 0 Å². The Labute approximate surface area is 149 Å². The molecule has 3 aliphatic heterocycles. The summed E-state index contributed by atoms with van der Waals surface area (Å²) in [7, 11) is 0. The van der Waals surface area contributed by atoms with Crippen LogP contribution in [-0.4, -0.2) is 33.8 Å². The SMILES string of the molecule is O=C1[C@@H]2[C@@H](C(=O)N1c1nn(Cc3ccccc3)cc1Cl)[C@H]1CC[C@@H]2O1. The van der Waals surface area contributed by atoms with Crippen molar-refractivity contribution in [2.75, 3.05) is 4.90 Å². The number of benzene rings is 1. The number of imide groups is 1. The average molecular weight is 358 g/mol. The Morgan fingerprint density at radius 2 is 1.72 bits per heavy atom. The van der Waals surface area contributed by atoms with Gasteiger partial charge in [0, 0.05) is 6.20 Å². The van der Waals surface area contributed by atoms with Crippen molar-refractivity contribution in [2.45, 2.75) is 31.6 Å². The maximum atomic E-state index is 12.8. The standard InChI is InChI=1S/C18H16ClN3O3/c19-11-9-21(8-10-4-2-1-3-5-10)20-16(11)22-17(23)14-12-6-7-13(25-12)15(14)18(22)24/h1-5,9,12-15H,6-8H2/t12-,13+,14-,15-/m0/s1. The second kappa shape index (κ2) is 5.41. The van der Waals surface area contributed by atoms with E-state index in [1.54, 1.807) is 10.9 Å². The van der Waals surface area contributed by atoms with Crippen molar-refractivity contribution in [1.82, 2.24) is 9.78 Å². The van der Waals surface area contributed by atoms with Crippen LogP contribution in [0.2, 0.25) is 5.02 Å². The predicted octanol–water partition coefficient (Wildman–Crippen LogP) is 2.25. The summed E-state index contributed by atoms with van der Waals surface area (Å²) < 4.78 is 7.41. The van der Waals surface area contributed by atoms with Gasteiger partial charge in [-0.25, -0.2) is 4.90 Å². The number of carbonyl (C=O) groups is 2. The second-order valence-corrected chi connectivity index (χ2v) is 7.24. The monoisotopic (exact) mass is 357 g/mol. The van der Waals surface area contributed by atoms with Crippen molar-refractivity contribution >= 4 is 29.2 Å². The zero-order valence-corrected chi connectivity index (χ0v) is 14.1. The first-order chi connectivity index (χ1) is 12.1. The Balaban J connectivity index is 1.46. The van der Waals surface area contributed by atoms with Crippen LogP contribution in [0.4, 0.5) is 5.82 Å². The maximum Gasteiger partial charge on any atom is 0.241 e. The highest BCUT2D eigenvalue weighted by molar-refractivity contribution is 6.35. The molecule has 25 heavy (non-hydrogen) atoms. The lowest BCUT2D eigenvalue weighted by molar-refractivity contribution is -0.124. The quantitative estimate of drug-likeness (QED) is 0.790. The molecular formula is C18H16ClN3O3. The molecule has 3 fully saturated rings. The lowest BCUT2D eigenvalue weighted by Gasteiger charge is -2.15. The summed E-state index contributed by atoms with van der Waals surface area (Å²) >= 11 is 6.31. The summed E-state index contributed by atoms with van der Waals surface area (Å²) in [6.07, 6.45) is 3.07. The van der Waals surface area contributed by atoms with Crippen molar-refractivity contribution in [3.05, 3.63) is 47.1 Å². The van der Waals surface area contributed by atoms with E-state index in [2.05, 4.69) is 5.10 Å². The topological polar surface area (TPSA) is 64.4 Å². The number of rotatable bonds is 3. The molecule has 2 bridgehead atoms. The molecule has 2 amide bonds. The molecule has 128 valence electrons. The number of halogens is 1. The summed E-state index contributed by atoms with van der Waals surface area (Å²) in [5.41, 5.74) is 1.07. The van der Waals surface area contributed by atoms with Gasteiger partial charge in [0.2, 0.25) is 11.8 Å². The van der Waals surface area contributed by atoms with Gasteiger partial charge < -0.3 is 4.74 Å². The number of ether oxygens (including phenoxy) is 1. The first-order valence-electron chi connectivity index (χ1n) is 8.43. The van der Waals surface area contributed by atoms with Gasteiger partial charge in [0.15, 0.2) is 5.82 Å². The second-order valence-electron chi connectivity index (χ2n) is 6.84. The third kappa shape index (κ3) is 2.17. The van der Waals surface area contributed by atoms with Crippen molar-refractivity contribution in [3.63, 3.8) is 0 Å². The number of aromatic nitrogens is 2. The molecule has 4 atom stereocenters. The number of hydrogen-bond donors (Lipinski definition) is 0. The first-order valence-corrected chi connectivity index (χ1v) is 8.81. The number of anilines is 1. The van der Waals surface area contributed by atoms with Crippen molar-refractivity contribution in [1.29, 1.82) is 0 Å². The van der Waals surface area contributed by atoms with E-state index in [0.717, 1.165) is 18.4 Å². The van der Waals surface area contributed by atoms with Gasteiger partial charge in [0.1, 0.15) is 5.02 Å². The molecule has 2 aromatic rings. The molecule has 0 unspecified atom stereocenters. The van der Waals surface area contributed by atoms with E-state index in [9.17, 15) is 9.59 Å². The molecule has 5 rings (SSSR count). The summed E-state index contributed by atoms with van der Waals surface area (Å²) in [6.45, 7) is 0.526. The van der Waals surface area contributed by atoms with E-state index in [1.807, 2.05) is 30.3 Å². The number of hydrogen-bond acceptors (Lipinski definition) is 4. The van der Waals surface area contributed by atoms with Gasteiger partial charge in [0.25, 0.3) is 0 Å². The predicted molar refractivity (Wildman–Crippen MR) is 90.1 cm³/mol. The Morgan fingerprint density at radius 1 is 1.08 bits per heavy atom. The van der Waals surface area contributed by atoms with Crippen LogP contribution in [0, 0.1) is 11.8 Å². The zero-order chi connectivity index (χ0) is 17.1. The maximum absolute atomic E-state index is 12.8. The number of fused-ring (bicyclic) bond motifs is 5. The molecule has 0 N–H and O–H groups in total. The molecule has 3 aliphatic rings. The molecule has 1 aromatic carbocycles. The van der Waals surface area contributed by atoms with E-state index in [4.69, 9.17) is 16.3 Å². The van der Waals surface area contributed by atoms with Crippen LogP contribution in [0.1, 0.15) is 18.4 Å². The molecule has 0 spiro atoms. The molecule has 4 heterocycles. The smallest absolute Gasteiger partial charge is 0.241 e. The van der Waals surface area contributed by atoms with E-state index in [0.29, 0.717) is 11.6 Å². The molecular weight excluding hydrogens is 342 g/mol. The third-order valence-electron chi connectivity index (χ3n) is 5.38. The van der Waals surface area contributed by atoms with Crippen LogP contribution >= 0.6 is 11.6 Å². The van der Waals surface area contributed by atoms with E-state index in [-0.39, 0.29) is 41.7 Å². The highest BCUT2D eigenvalue weighted by atomic mass is 35.5. The average Bonchev–Trinajstić information content (AvgIpc) is 3.34. The lowest BCUT2D eigenvalue weighted by atomic mass is 9.81. The summed E-state index contributed by atoms with van der Waals surface area (Å²) in [6, 6.07) is 9.82. The van der Waals surface area contributed by atoms with Crippen LogP contribution < -0.4 is 4.90 Å². The van der Waals surface area contributed by atoms with Crippen molar-refractivity contribution < 1.29 is 14.3 Å². The van der Waals surface area contributed by atoms with Gasteiger partial charge >= 0.3 is 0 Å². The summed E-state index contributed by atoms with van der Waals surface area (Å²) in [5, 5.41) is 4.72. The summed E-state index contributed by atoms with van der Waals surface area (Å²) in [5.74, 6) is -0.965. The number of amides is 2. The van der Waals surface area contributed by atoms with Crippen LogP contribution in [-0.2, 0) is 20.9 Å². The number of nitrogens with zero attached hydrogens (tertiary/aromatic N) is 3. The van der Waals surface area contributed by atoms with Gasteiger partial charge in [-0.1, -0.05) is 41.9 Å². The molecule has 0 radical (unpaired) electrons. The Bertz CT molecular complexity index is 838. The van der Waals surface area contributed by atoms with Gasteiger partial charge in [-0.2, -0.15) is 5.10 Å². The van der Waals surface area contributed by atoms with Crippen molar-refractivity contribution in [2.24, 2.45) is 11.8 Å². The van der Waals surface area contributed by atoms with E-state index in [1.165, 1.54) is 4.90 Å². The highest BCUT2D eigenvalue weighted by Crippen LogP contribution is 2.49. The van der Waals surface area contributed by atoms with E-state index >= 15 is 0 Å². The lowest BCUT2D eigenvalue weighted by Crippen LogP contribution is -2.34. The normalized spacial score (nSPS) is 30.4. The Morgan fingerprint density at radius 3 is 2.36 bits per heavy atom. The molecule has 7 heteroatoms. The molecule has 0 aliphatic carbocycles. The summed E-state index contributed by atoms with van der Waals surface area (Å²) in [4.78, 5) is 26.8. The van der Waals surface area contributed by atoms with Crippen LogP contribution in [0.5, 0.6) is 0 Å². The highest BCUT2D eigenvalue weighted by Gasteiger charge is 2.63. The molecule has 6 nitrogen and oxygen atoms in total. The fourth-order valence-corrected chi connectivity index (χ4v) is 4.55. The fraction of sp³-hybridized carbons (Fsp3) is 0.389. The largest absolute Gasteiger partial charge is 0.373 e. The third-order valence-corrected chi connectivity index (χ3v) is 5.65. The minimum absolute atomic E-state index is 0.137. The Hall–Kier alpha value is -2.18. The molecule has 0 saturated carbocycles. The van der Waals surface area contributed by atoms with Crippen LogP contribution in [0.15, 0.2) is 36.5 Å². The zero-order valence-electron chi connectivity index (χ0n) is 13.3. The molecule has 3 saturated heterocycles. The van der Waals surface area contributed by atoms with Gasteiger partial charge in [-0.15, -0.1) is 0 Å². The first kappa shape index (κ1) is 15.1. The minimum atomic E-state index is -0.374. The molecule has 1 aromatic heterocycles. The van der Waals surface area contributed by atoms with Crippen LogP contribution in [0.25, 0.3) is 0 Å². The van der Waals surface area contributed by atoms with Gasteiger partial charge in [-0.3, -0.25) is 14.3 Å². The van der Waals surface area contributed by atoms with E-state index < -0.39 is 0 Å². The fourth-order valence-electron chi connectivity index (χ4n) is 4.31. The Kier molecular flexibility index (Phi) is 3.27. The minimum Gasteiger partial charge on any atom is -0.373 e. The van der Waals surface area contributed by atoms with Crippen molar-refractivity contribution in [3.8, 4) is 0 Å².